The molecule has 2 atom stereocenters. The molecule has 1 aliphatic rings. The maximum Gasteiger partial charge on any atom is 0.338 e. The van der Waals surface area contributed by atoms with Crippen molar-refractivity contribution in [2.24, 2.45) is 4.99 Å². The minimum absolute atomic E-state index is 0.0877. The van der Waals surface area contributed by atoms with E-state index in [1.807, 2.05) is 0 Å². The van der Waals surface area contributed by atoms with Gasteiger partial charge in [0.25, 0.3) is 0 Å². The predicted molar refractivity (Wildman–Crippen MR) is 105 cm³/mol. The summed E-state index contributed by atoms with van der Waals surface area (Å²) >= 11 is 0. The molecule has 0 saturated heterocycles. The summed E-state index contributed by atoms with van der Waals surface area (Å²) in [6.07, 6.45) is 1.43. The van der Waals surface area contributed by atoms with Crippen LogP contribution in [0.4, 0.5) is 0 Å². The topological polar surface area (TPSA) is 96.2 Å². The second-order valence-corrected chi connectivity index (χ2v) is 6.52. The van der Waals surface area contributed by atoms with E-state index in [0.717, 1.165) is 0 Å². The largest absolute Gasteiger partial charge is 0.457 e. The minimum Gasteiger partial charge on any atom is -0.457 e. The second-order valence-electron chi connectivity index (χ2n) is 6.52. The van der Waals surface area contributed by atoms with Crippen LogP contribution in [-0.2, 0) is 4.74 Å². The lowest BCUT2D eigenvalue weighted by Crippen LogP contribution is -2.52. The molecule has 0 radical (unpaired) electrons. The Hall–Kier alpha value is -3.09. The number of esters is 1. The van der Waals surface area contributed by atoms with Crippen LogP contribution < -0.4 is 0 Å². The summed E-state index contributed by atoms with van der Waals surface area (Å²) in [5.74, 6) is -1.11. The number of ketones is 1. The molecule has 0 spiro atoms. The Morgan fingerprint density at radius 1 is 1.04 bits per heavy atom. The van der Waals surface area contributed by atoms with Gasteiger partial charge >= 0.3 is 5.97 Å². The number of Topliss-reactive ketones (excluding diaryl/α,β-unsaturated/α-hetero) is 1. The zero-order valence-corrected chi connectivity index (χ0v) is 15.4. The highest BCUT2D eigenvalue weighted by Gasteiger charge is 2.47. The number of benzene rings is 2. The summed E-state index contributed by atoms with van der Waals surface area (Å²) in [4.78, 5) is 29.4. The lowest BCUT2D eigenvalue weighted by atomic mass is 9.77. The van der Waals surface area contributed by atoms with Crippen LogP contribution in [0.5, 0.6) is 0 Å². The number of dihydropyridines is 1. The summed E-state index contributed by atoms with van der Waals surface area (Å²) < 4.78 is 5.29. The smallest absolute Gasteiger partial charge is 0.338 e. The van der Waals surface area contributed by atoms with E-state index < -0.39 is 30.0 Å². The fraction of sp³-hybridized carbons (Fsp3) is 0.227. The molecule has 0 fully saturated rings. The number of carbonyl (C=O) groups excluding carboxylic acids is 2. The number of aliphatic hydroxyl groups is 2. The van der Waals surface area contributed by atoms with E-state index in [1.54, 1.807) is 67.6 Å². The van der Waals surface area contributed by atoms with Gasteiger partial charge in [0.2, 0.25) is 5.78 Å². The van der Waals surface area contributed by atoms with Gasteiger partial charge in [-0.1, -0.05) is 48.5 Å². The van der Waals surface area contributed by atoms with Crippen LogP contribution in [0.25, 0.3) is 0 Å². The summed E-state index contributed by atoms with van der Waals surface area (Å²) in [5, 5.41) is 21.2. The molecule has 3 rings (SSSR count). The van der Waals surface area contributed by atoms with E-state index in [4.69, 9.17) is 4.74 Å². The Labute approximate surface area is 162 Å². The van der Waals surface area contributed by atoms with Crippen molar-refractivity contribution in [3.8, 4) is 0 Å². The lowest BCUT2D eigenvalue weighted by Gasteiger charge is -2.36. The molecule has 0 bridgehead atoms. The predicted octanol–water partition coefficient (Wildman–Crippen LogP) is 2.22. The molecule has 2 N–H and O–H groups in total. The average Bonchev–Trinajstić information content (AvgIpc) is 2.75. The number of carbonyl (C=O) groups is 2. The van der Waals surface area contributed by atoms with E-state index >= 15 is 0 Å². The van der Waals surface area contributed by atoms with Gasteiger partial charge < -0.3 is 14.9 Å². The van der Waals surface area contributed by atoms with Crippen molar-refractivity contribution in [3.63, 3.8) is 0 Å². The van der Waals surface area contributed by atoms with Gasteiger partial charge in [-0.3, -0.25) is 9.79 Å². The minimum atomic E-state index is -2.01. The van der Waals surface area contributed by atoms with Crippen LogP contribution in [0.3, 0.4) is 0 Å². The van der Waals surface area contributed by atoms with Gasteiger partial charge in [0.1, 0.15) is 6.61 Å². The van der Waals surface area contributed by atoms with Crippen molar-refractivity contribution in [2.45, 2.75) is 18.6 Å². The van der Waals surface area contributed by atoms with Crippen LogP contribution in [0.1, 0.15) is 27.6 Å². The third-order valence-corrected chi connectivity index (χ3v) is 4.81. The first-order chi connectivity index (χ1) is 13.5. The van der Waals surface area contributed by atoms with Crippen molar-refractivity contribution in [1.29, 1.82) is 0 Å². The molecule has 0 amide bonds. The molecule has 6 nitrogen and oxygen atoms in total. The lowest BCUT2D eigenvalue weighted by molar-refractivity contribution is 0.0326. The number of hydrogen-bond donors (Lipinski definition) is 2. The van der Waals surface area contributed by atoms with E-state index in [9.17, 15) is 19.8 Å². The molecule has 0 aromatic heterocycles. The monoisotopic (exact) mass is 379 g/mol. The molecule has 2 aromatic rings. The highest BCUT2D eigenvalue weighted by molar-refractivity contribution is 6.07. The van der Waals surface area contributed by atoms with Crippen molar-refractivity contribution in [2.75, 3.05) is 13.2 Å². The molecule has 0 aliphatic carbocycles. The van der Waals surface area contributed by atoms with Crippen LogP contribution in [0.15, 0.2) is 76.8 Å². The first-order valence-electron chi connectivity index (χ1n) is 8.89. The van der Waals surface area contributed by atoms with Crippen LogP contribution in [-0.4, -0.2) is 53.0 Å². The van der Waals surface area contributed by atoms with Gasteiger partial charge in [-0.25, -0.2) is 4.79 Å². The number of ether oxygens (including phenoxy) is 1. The first kappa shape index (κ1) is 19.7. The van der Waals surface area contributed by atoms with Crippen molar-refractivity contribution < 1.29 is 24.5 Å². The normalized spacial score (nSPS) is 21.5. The zero-order valence-electron chi connectivity index (χ0n) is 15.4. The van der Waals surface area contributed by atoms with Crippen LogP contribution in [0, 0.1) is 0 Å². The highest BCUT2D eigenvalue weighted by atomic mass is 16.5. The number of nitrogens with zero attached hydrogens (tertiary/aromatic N) is 1. The number of aliphatic hydroxyl groups excluding tert-OH is 1. The second kappa shape index (κ2) is 8.29. The Balaban J connectivity index is 1.89. The van der Waals surface area contributed by atoms with Gasteiger partial charge in [-0.15, -0.1) is 0 Å². The van der Waals surface area contributed by atoms with E-state index in [0.29, 0.717) is 16.7 Å². The molecule has 2 aromatic carbocycles. The zero-order chi connectivity index (χ0) is 20.1. The van der Waals surface area contributed by atoms with Gasteiger partial charge in [0.05, 0.1) is 18.2 Å². The molecular formula is C22H21NO5. The summed E-state index contributed by atoms with van der Waals surface area (Å²) in [5.41, 5.74) is -0.938. The van der Waals surface area contributed by atoms with Gasteiger partial charge in [-0.2, -0.15) is 0 Å². The molecule has 6 heteroatoms. The average molecular weight is 379 g/mol. The first-order valence-corrected chi connectivity index (χ1v) is 8.89. The third kappa shape index (κ3) is 3.65. The molecule has 28 heavy (non-hydrogen) atoms. The van der Waals surface area contributed by atoms with E-state index in [2.05, 4.69) is 4.99 Å². The molecule has 144 valence electrons. The number of aliphatic imine (C=N–C) groups is 1. The van der Waals surface area contributed by atoms with Crippen molar-refractivity contribution >= 4 is 18.0 Å². The summed E-state index contributed by atoms with van der Waals surface area (Å²) in [7, 11) is 0. The van der Waals surface area contributed by atoms with Gasteiger partial charge in [0.15, 0.2) is 5.60 Å². The number of rotatable bonds is 6. The molecule has 2 unspecified atom stereocenters. The van der Waals surface area contributed by atoms with E-state index in [-0.39, 0.29) is 12.2 Å². The fourth-order valence-corrected chi connectivity index (χ4v) is 3.17. The highest BCUT2D eigenvalue weighted by Crippen LogP contribution is 2.32. The maximum atomic E-state index is 13.0. The van der Waals surface area contributed by atoms with Crippen molar-refractivity contribution in [3.05, 3.63) is 82.9 Å². The maximum absolute atomic E-state index is 13.0. The molecule has 0 saturated carbocycles. The van der Waals surface area contributed by atoms with Gasteiger partial charge in [-0.05, 0) is 19.1 Å². The Bertz CT molecular complexity index is 920. The van der Waals surface area contributed by atoms with Crippen molar-refractivity contribution in [1.82, 2.24) is 0 Å². The Kier molecular flexibility index (Phi) is 5.82. The third-order valence-electron chi connectivity index (χ3n) is 4.81. The molecular weight excluding hydrogens is 358 g/mol. The van der Waals surface area contributed by atoms with E-state index in [1.165, 1.54) is 6.21 Å². The van der Waals surface area contributed by atoms with Crippen LogP contribution >= 0.6 is 0 Å². The summed E-state index contributed by atoms with van der Waals surface area (Å²) in [6.45, 7) is 0.813. The SMILES string of the molecule is CC1N=CC(COC(=O)c2ccccc2)=C(CO)C1(O)C(=O)c1ccccc1. The Morgan fingerprint density at radius 2 is 1.61 bits per heavy atom. The van der Waals surface area contributed by atoms with Crippen LogP contribution in [0.2, 0.25) is 0 Å². The molecule has 1 aliphatic heterocycles. The molecule has 1 heterocycles. The standard InChI is InChI=1S/C22H21NO5/c1-15-22(27,20(25)16-8-4-2-5-9-16)19(13-24)18(12-23-15)14-28-21(26)17-10-6-3-7-11-17/h2-12,15,24,27H,13-14H2,1H3. The van der Waals surface area contributed by atoms with Gasteiger partial charge in [0, 0.05) is 22.9 Å². The fourth-order valence-electron chi connectivity index (χ4n) is 3.17. The number of hydrogen-bond acceptors (Lipinski definition) is 6. The Morgan fingerprint density at radius 3 is 2.18 bits per heavy atom. The quantitative estimate of drug-likeness (QED) is 0.593. The summed E-state index contributed by atoms with van der Waals surface area (Å²) in [6, 6.07) is 16.0.